The van der Waals surface area contributed by atoms with E-state index in [2.05, 4.69) is 113 Å². The van der Waals surface area contributed by atoms with Crippen molar-refractivity contribution in [1.82, 2.24) is 15.0 Å². The van der Waals surface area contributed by atoms with Crippen LogP contribution in [0.5, 0.6) is 0 Å². The van der Waals surface area contributed by atoms with E-state index < -0.39 is 0 Å². The Hall–Kier alpha value is -6.35. The first-order chi connectivity index (χ1) is 26.2. The molecule has 0 atom stereocenters. The molecule has 0 bridgehead atoms. The zero-order valence-electron chi connectivity index (χ0n) is 28.0. The number of para-hydroxylation sites is 4. The lowest BCUT2D eigenvalue weighted by molar-refractivity contribution is 0.669. The average Bonchev–Trinajstić information content (AvgIpc) is 3.60. The largest absolute Gasteiger partial charge is 0.456 e. The molecule has 0 spiro atoms. The minimum absolute atomic E-state index is 0.554. The average molecular weight is 718 g/mol. The summed E-state index contributed by atoms with van der Waals surface area (Å²) in [7, 11) is 0. The first-order valence-electron chi connectivity index (χ1n) is 17.4. The van der Waals surface area contributed by atoms with Crippen LogP contribution < -0.4 is 9.80 Å². The van der Waals surface area contributed by atoms with Crippen LogP contribution in [0, 0.1) is 0 Å². The van der Waals surface area contributed by atoms with Gasteiger partial charge < -0.3 is 9.32 Å². The van der Waals surface area contributed by atoms with E-state index >= 15 is 0 Å². The van der Waals surface area contributed by atoms with Gasteiger partial charge in [0.25, 0.3) is 0 Å². The Bertz CT molecular complexity index is 2850. The number of rotatable bonds is 4. The third kappa shape index (κ3) is 5.02. The van der Waals surface area contributed by atoms with Crippen LogP contribution in [-0.2, 0) is 0 Å². The van der Waals surface area contributed by atoms with Crippen molar-refractivity contribution in [2.45, 2.75) is 19.6 Å². The maximum absolute atomic E-state index is 6.16. The molecule has 0 N–H and O–H groups in total. The molecule has 2 aliphatic heterocycles. The number of aromatic nitrogens is 3. The van der Waals surface area contributed by atoms with Gasteiger partial charge in [0, 0.05) is 47.2 Å². The fraction of sp³-hybridized carbons (Fsp3) is 0. The Kier molecular flexibility index (Phi) is 6.93. The third-order valence-electron chi connectivity index (χ3n) is 9.69. The second-order valence-electron chi connectivity index (χ2n) is 12.9. The molecule has 0 radical (unpaired) electrons. The fourth-order valence-corrected chi connectivity index (χ4v) is 9.41. The Balaban J connectivity index is 1.10. The minimum Gasteiger partial charge on any atom is -0.456 e. The van der Waals surface area contributed by atoms with E-state index in [9.17, 15) is 0 Å². The molecule has 6 nitrogen and oxygen atoms in total. The summed E-state index contributed by atoms with van der Waals surface area (Å²) in [6, 6.07) is 56.8. The maximum Gasteiger partial charge on any atom is 0.238 e. The summed E-state index contributed by atoms with van der Waals surface area (Å²) in [5.41, 5.74) is 8.97. The highest BCUT2D eigenvalue weighted by molar-refractivity contribution is 8.00. The van der Waals surface area contributed by atoms with Crippen LogP contribution in [0.15, 0.2) is 188 Å². The van der Waals surface area contributed by atoms with E-state index in [1.54, 1.807) is 11.8 Å². The van der Waals surface area contributed by atoms with Gasteiger partial charge in [-0.2, -0.15) is 9.97 Å². The molecular formula is C45H27N5OS2. The molecule has 0 saturated carbocycles. The number of fused-ring (bicyclic) bond motifs is 7. The molecule has 4 heterocycles. The van der Waals surface area contributed by atoms with Crippen molar-refractivity contribution in [3.63, 3.8) is 0 Å². The van der Waals surface area contributed by atoms with Gasteiger partial charge in [-0.25, -0.2) is 4.98 Å². The topological polar surface area (TPSA) is 58.3 Å². The Morgan fingerprint density at radius 2 is 0.962 bits per heavy atom. The third-order valence-corrected chi connectivity index (χ3v) is 11.9. The molecule has 7 aromatic carbocycles. The summed E-state index contributed by atoms with van der Waals surface area (Å²) in [6.45, 7) is 0. The van der Waals surface area contributed by atoms with Gasteiger partial charge in [-0.1, -0.05) is 108 Å². The van der Waals surface area contributed by atoms with E-state index in [1.165, 1.54) is 21.2 Å². The van der Waals surface area contributed by atoms with Gasteiger partial charge in [0.1, 0.15) is 11.2 Å². The predicted molar refractivity (Wildman–Crippen MR) is 216 cm³/mol. The van der Waals surface area contributed by atoms with Crippen LogP contribution in [0.25, 0.3) is 44.7 Å². The molecule has 0 fully saturated rings. The van der Waals surface area contributed by atoms with Crippen molar-refractivity contribution >= 4 is 79.8 Å². The molecule has 2 aliphatic rings. The molecule has 0 unspecified atom stereocenters. The molecule has 0 amide bonds. The SMILES string of the molecule is c1ccc(-c2nc(-c3ccc4oc5ccccc5c4c3)nc(N3c4ccccc4Sc4cc(N5c6ccccc6Sc6ccccc65)ccc43)n2)cc1. The van der Waals surface area contributed by atoms with Crippen molar-refractivity contribution in [3.8, 4) is 22.8 Å². The van der Waals surface area contributed by atoms with Crippen LogP contribution in [0.3, 0.4) is 0 Å². The van der Waals surface area contributed by atoms with E-state index in [0.717, 1.165) is 59.9 Å². The summed E-state index contributed by atoms with van der Waals surface area (Å²) in [5.74, 6) is 1.75. The molecule has 250 valence electrons. The highest BCUT2D eigenvalue weighted by atomic mass is 32.2. The lowest BCUT2D eigenvalue weighted by Crippen LogP contribution is -2.19. The van der Waals surface area contributed by atoms with Gasteiger partial charge in [-0.05, 0) is 78.9 Å². The smallest absolute Gasteiger partial charge is 0.238 e. The van der Waals surface area contributed by atoms with Crippen LogP contribution in [0.4, 0.5) is 34.4 Å². The second kappa shape index (κ2) is 12.1. The van der Waals surface area contributed by atoms with Gasteiger partial charge in [-0.3, -0.25) is 4.90 Å². The molecule has 9 aromatic rings. The quantitative estimate of drug-likeness (QED) is 0.178. The molecule has 53 heavy (non-hydrogen) atoms. The first-order valence-corrected chi connectivity index (χ1v) is 19.0. The highest BCUT2D eigenvalue weighted by Gasteiger charge is 2.30. The van der Waals surface area contributed by atoms with E-state index in [4.69, 9.17) is 19.4 Å². The van der Waals surface area contributed by atoms with Crippen molar-refractivity contribution in [2.24, 2.45) is 0 Å². The summed E-state index contributed by atoms with van der Waals surface area (Å²) in [5, 5.41) is 2.09. The van der Waals surface area contributed by atoms with Gasteiger partial charge >= 0.3 is 0 Å². The highest BCUT2D eigenvalue weighted by Crippen LogP contribution is 2.55. The van der Waals surface area contributed by atoms with Crippen molar-refractivity contribution in [1.29, 1.82) is 0 Å². The van der Waals surface area contributed by atoms with Crippen LogP contribution >= 0.6 is 23.5 Å². The standard InChI is InChI=1S/C45H27N5OS2/c1-2-12-28(13-3-1)43-46-44(29-22-25-38-32(26-29)31-14-4-8-18-37(31)51-38)48-45(47-43)50-35-17-7-11-21-41(35)53-42-27-30(23-24-36(42)50)49-33-15-5-9-19-39(33)52-40-20-10-6-16-34(40)49/h1-27H. The Morgan fingerprint density at radius 3 is 1.70 bits per heavy atom. The lowest BCUT2D eigenvalue weighted by Gasteiger charge is -2.35. The van der Waals surface area contributed by atoms with Crippen molar-refractivity contribution in [3.05, 3.63) is 164 Å². The van der Waals surface area contributed by atoms with Crippen molar-refractivity contribution in [2.75, 3.05) is 9.80 Å². The van der Waals surface area contributed by atoms with E-state index in [0.29, 0.717) is 17.6 Å². The number of hydrogen-bond donors (Lipinski definition) is 0. The summed E-state index contributed by atoms with van der Waals surface area (Å²) in [4.78, 5) is 24.8. The maximum atomic E-state index is 6.16. The molecule has 2 aromatic heterocycles. The van der Waals surface area contributed by atoms with Gasteiger partial charge in [-0.15, -0.1) is 0 Å². The number of anilines is 6. The number of nitrogens with zero attached hydrogens (tertiary/aromatic N) is 5. The molecule has 11 rings (SSSR count). The molecule has 8 heteroatoms. The van der Waals surface area contributed by atoms with E-state index in [1.807, 2.05) is 72.4 Å². The van der Waals surface area contributed by atoms with E-state index in [-0.39, 0.29) is 0 Å². The minimum atomic E-state index is 0.554. The summed E-state index contributed by atoms with van der Waals surface area (Å²) in [6.07, 6.45) is 0. The second-order valence-corrected chi connectivity index (χ2v) is 15.1. The fourth-order valence-electron chi connectivity index (χ4n) is 7.26. The summed E-state index contributed by atoms with van der Waals surface area (Å²) < 4.78 is 6.16. The normalized spacial score (nSPS) is 13.1. The Morgan fingerprint density at radius 1 is 0.396 bits per heavy atom. The van der Waals surface area contributed by atoms with Gasteiger partial charge in [0.15, 0.2) is 11.6 Å². The zero-order chi connectivity index (χ0) is 34.9. The van der Waals surface area contributed by atoms with Crippen LogP contribution in [0.1, 0.15) is 0 Å². The van der Waals surface area contributed by atoms with Gasteiger partial charge in [0.2, 0.25) is 5.95 Å². The zero-order valence-corrected chi connectivity index (χ0v) is 29.7. The number of hydrogen-bond acceptors (Lipinski definition) is 8. The van der Waals surface area contributed by atoms with Crippen LogP contribution in [-0.4, -0.2) is 15.0 Å². The van der Waals surface area contributed by atoms with Crippen molar-refractivity contribution < 1.29 is 4.42 Å². The summed E-state index contributed by atoms with van der Waals surface area (Å²) >= 11 is 3.59. The van der Waals surface area contributed by atoms with Crippen LogP contribution in [0.2, 0.25) is 0 Å². The monoisotopic (exact) mass is 717 g/mol. The number of benzene rings is 7. The van der Waals surface area contributed by atoms with Gasteiger partial charge in [0.05, 0.1) is 22.7 Å². The Labute approximate surface area is 313 Å². The number of furan rings is 1. The first kappa shape index (κ1) is 30.3. The lowest BCUT2D eigenvalue weighted by atomic mass is 10.1. The predicted octanol–water partition coefficient (Wildman–Crippen LogP) is 13.0. The molecule has 0 aliphatic carbocycles. The molecule has 0 saturated heterocycles. The molecular weight excluding hydrogens is 691 g/mol.